The van der Waals surface area contributed by atoms with Crippen LogP contribution < -0.4 is 5.73 Å². The lowest BCUT2D eigenvalue weighted by atomic mass is 9.95. The number of aliphatic hydroxyl groups excluding tert-OH is 1. The van der Waals surface area contributed by atoms with Gasteiger partial charge < -0.3 is 25.6 Å². The molecule has 2 heterocycles. The van der Waals surface area contributed by atoms with Crippen molar-refractivity contribution < 1.29 is 9.90 Å². The summed E-state index contributed by atoms with van der Waals surface area (Å²) in [6.45, 7) is 5.28. The standard InChI is InChI=1S/C21H32N4O2/c1-15(26)13-25-9-7-16(8-10-25)14-24(2)21(27)19(22)11-17-12-23-20-6-4-3-5-18(17)20/h3-6,12,15-16,19,23,26H,7-11,13-14,22H2,1-2H3/t15?,19-/m0/s1. The second-order valence-corrected chi connectivity index (χ2v) is 7.98. The maximum atomic E-state index is 12.7. The molecule has 148 valence electrons. The number of para-hydroxylation sites is 1. The van der Waals surface area contributed by atoms with E-state index < -0.39 is 6.04 Å². The van der Waals surface area contributed by atoms with E-state index in [1.165, 1.54) is 0 Å². The van der Waals surface area contributed by atoms with E-state index >= 15 is 0 Å². The van der Waals surface area contributed by atoms with Crippen LogP contribution in [0.2, 0.25) is 0 Å². The second-order valence-electron chi connectivity index (χ2n) is 7.98. The van der Waals surface area contributed by atoms with E-state index in [4.69, 9.17) is 5.73 Å². The maximum absolute atomic E-state index is 12.7. The molecular formula is C21H32N4O2. The third-order valence-electron chi connectivity index (χ3n) is 5.57. The highest BCUT2D eigenvalue weighted by atomic mass is 16.3. The van der Waals surface area contributed by atoms with Crippen LogP contribution in [0.15, 0.2) is 30.5 Å². The van der Waals surface area contributed by atoms with Crippen molar-refractivity contribution in [2.75, 3.05) is 33.2 Å². The van der Waals surface area contributed by atoms with Gasteiger partial charge in [-0.3, -0.25) is 4.79 Å². The fourth-order valence-corrected chi connectivity index (χ4v) is 4.11. The summed E-state index contributed by atoms with van der Waals surface area (Å²) in [6, 6.07) is 7.56. The van der Waals surface area contributed by atoms with Crippen molar-refractivity contribution in [1.82, 2.24) is 14.8 Å². The number of nitrogens with one attached hydrogen (secondary N) is 1. The van der Waals surface area contributed by atoms with Crippen LogP contribution in [0.25, 0.3) is 10.9 Å². The molecule has 2 aromatic rings. The van der Waals surface area contributed by atoms with E-state index in [2.05, 4.69) is 16.0 Å². The number of fused-ring (bicyclic) bond motifs is 1. The summed E-state index contributed by atoms with van der Waals surface area (Å²) < 4.78 is 0. The molecule has 6 nitrogen and oxygen atoms in total. The zero-order valence-electron chi connectivity index (χ0n) is 16.4. The molecule has 1 aliphatic rings. The Balaban J connectivity index is 1.50. The molecule has 1 amide bonds. The van der Waals surface area contributed by atoms with Gasteiger partial charge >= 0.3 is 0 Å². The van der Waals surface area contributed by atoms with Crippen LogP contribution in [-0.4, -0.2) is 71.2 Å². The minimum Gasteiger partial charge on any atom is -0.392 e. The number of carbonyl (C=O) groups is 1. The van der Waals surface area contributed by atoms with Crippen LogP contribution in [0.4, 0.5) is 0 Å². The number of H-pyrrole nitrogens is 1. The normalized spacial score (nSPS) is 18.5. The number of aliphatic hydroxyl groups is 1. The average molecular weight is 373 g/mol. The number of carbonyl (C=O) groups excluding carboxylic acids is 1. The highest BCUT2D eigenvalue weighted by Gasteiger charge is 2.25. The maximum Gasteiger partial charge on any atom is 0.239 e. The molecule has 2 atom stereocenters. The number of hydrogen-bond donors (Lipinski definition) is 3. The van der Waals surface area contributed by atoms with Gasteiger partial charge in [-0.05, 0) is 56.8 Å². The van der Waals surface area contributed by atoms with E-state index in [9.17, 15) is 9.90 Å². The Morgan fingerprint density at radius 1 is 1.37 bits per heavy atom. The molecular weight excluding hydrogens is 340 g/mol. The third kappa shape index (κ3) is 5.09. The number of rotatable bonds is 7. The number of likely N-dealkylation sites (tertiary alicyclic amines) is 1. The van der Waals surface area contributed by atoms with E-state index in [1.807, 2.05) is 38.4 Å². The zero-order chi connectivity index (χ0) is 19.4. The third-order valence-corrected chi connectivity index (χ3v) is 5.57. The summed E-state index contributed by atoms with van der Waals surface area (Å²) in [7, 11) is 1.86. The first-order valence-corrected chi connectivity index (χ1v) is 9.90. The number of aromatic nitrogens is 1. The minimum atomic E-state index is -0.524. The summed E-state index contributed by atoms with van der Waals surface area (Å²) >= 11 is 0. The SMILES string of the molecule is CC(O)CN1CCC(CN(C)C(=O)[C@@H](N)Cc2c[nH]c3ccccc23)CC1. The van der Waals surface area contributed by atoms with E-state index in [0.717, 1.165) is 55.5 Å². The van der Waals surface area contributed by atoms with Gasteiger partial charge in [0.25, 0.3) is 0 Å². The lowest BCUT2D eigenvalue weighted by Crippen LogP contribution is -2.46. The molecule has 1 aliphatic heterocycles. The molecule has 4 N–H and O–H groups in total. The topological polar surface area (TPSA) is 85.6 Å². The first-order chi connectivity index (χ1) is 12.9. The van der Waals surface area contributed by atoms with Gasteiger partial charge in [0.15, 0.2) is 0 Å². The van der Waals surface area contributed by atoms with Crippen molar-refractivity contribution in [2.45, 2.75) is 38.3 Å². The highest BCUT2D eigenvalue weighted by molar-refractivity contribution is 5.86. The number of β-amino-alcohol motifs (C(OH)–C–C–N with tert-alkyl or cyclic N) is 1. The van der Waals surface area contributed by atoms with Gasteiger partial charge in [-0.15, -0.1) is 0 Å². The second kappa shape index (κ2) is 8.87. The van der Waals surface area contributed by atoms with Gasteiger partial charge in [-0.1, -0.05) is 18.2 Å². The minimum absolute atomic E-state index is 0.00620. The van der Waals surface area contributed by atoms with Gasteiger partial charge in [-0.2, -0.15) is 0 Å². The first kappa shape index (κ1) is 19.9. The van der Waals surface area contributed by atoms with Crippen LogP contribution in [-0.2, 0) is 11.2 Å². The summed E-state index contributed by atoms with van der Waals surface area (Å²) in [5.74, 6) is 0.510. The van der Waals surface area contributed by atoms with E-state index in [-0.39, 0.29) is 12.0 Å². The van der Waals surface area contributed by atoms with Gasteiger partial charge in [0.2, 0.25) is 5.91 Å². The Morgan fingerprint density at radius 2 is 2.07 bits per heavy atom. The van der Waals surface area contributed by atoms with Crippen molar-refractivity contribution in [3.8, 4) is 0 Å². The van der Waals surface area contributed by atoms with Gasteiger partial charge in [0.05, 0.1) is 12.1 Å². The first-order valence-electron chi connectivity index (χ1n) is 9.90. The average Bonchev–Trinajstić information content (AvgIpc) is 3.05. The van der Waals surface area contributed by atoms with Crippen LogP contribution in [0.5, 0.6) is 0 Å². The largest absolute Gasteiger partial charge is 0.392 e. The summed E-state index contributed by atoms with van der Waals surface area (Å²) in [4.78, 5) is 20.1. The number of nitrogens with zero attached hydrogens (tertiary/aromatic N) is 2. The highest BCUT2D eigenvalue weighted by Crippen LogP contribution is 2.21. The Morgan fingerprint density at radius 3 is 2.78 bits per heavy atom. The van der Waals surface area contributed by atoms with Crippen LogP contribution >= 0.6 is 0 Å². The van der Waals surface area contributed by atoms with Gasteiger partial charge in [-0.25, -0.2) is 0 Å². The molecule has 3 rings (SSSR count). The van der Waals surface area contributed by atoms with E-state index in [1.54, 1.807) is 4.90 Å². The van der Waals surface area contributed by atoms with Crippen molar-refractivity contribution in [1.29, 1.82) is 0 Å². The number of aromatic amines is 1. The Labute approximate surface area is 161 Å². The van der Waals surface area contributed by atoms with Crippen LogP contribution in [0.1, 0.15) is 25.3 Å². The summed E-state index contributed by atoms with van der Waals surface area (Å²) in [5, 5.41) is 10.6. The van der Waals surface area contributed by atoms with Crippen molar-refractivity contribution in [3.05, 3.63) is 36.0 Å². The quantitative estimate of drug-likeness (QED) is 0.689. The molecule has 0 spiro atoms. The lowest BCUT2D eigenvalue weighted by Gasteiger charge is -2.34. The fraction of sp³-hybridized carbons (Fsp3) is 0.571. The Bertz CT molecular complexity index is 749. The summed E-state index contributed by atoms with van der Waals surface area (Å²) in [5.41, 5.74) is 8.40. The lowest BCUT2D eigenvalue weighted by molar-refractivity contribution is -0.132. The predicted octanol–water partition coefficient (Wildman–Crippen LogP) is 1.59. The molecule has 1 fully saturated rings. The Kier molecular flexibility index (Phi) is 6.52. The Hall–Kier alpha value is -1.89. The van der Waals surface area contributed by atoms with Crippen molar-refractivity contribution in [3.63, 3.8) is 0 Å². The molecule has 0 radical (unpaired) electrons. The molecule has 0 aliphatic carbocycles. The molecule has 0 bridgehead atoms. The number of benzene rings is 1. The number of hydrogen-bond acceptors (Lipinski definition) is 4. The molecule has 1 saturated heterocycles. The number of amides is 1. The molecule has 1 unspecified atom stereocenters. The number of nitrogens with two attached hydrogens (primary N) is 1. The molecule has 1 aromatic heterocycles. The summed E-state index contributed by atoms with van der Waals surface area (Å²) in [6.07, 6.45) is 4.33. The number of likely N-dealkylation sites (N-methyl/N-ethyl adjacent to an activating group) is 1. The van der Waals surface area contributed by atoms with E-state index in [0.29, 0.717) is 12.3 Å². The van der Waals surface area contributed by atoms with Crippen molar-refractivity contribution in [2.24, 2.45) is 11.7 Å². The molecule has 0 saturated carbocycles. The molecule has 6 heteroatoms. The monoisotopic (exact) mass is 372 g/mol. The van der Waals surface area contributed by atoms with Crippen LogP contribution in [0.3, 0.4) is 0 Å². The van der Waals surface area contributed by atoms with Gasteiger partial charge in [0.1, 0.15) is 0 Å². The number of piperidine rings is 1. The van der Waals surface area contributed by atoms with Gasteiger partial charge in [0, 0.05) is 37.2 Å². The predicted molar refractivity (Wildman–Crippen MR) is 108 cm³/mol. The zero-order valence-corrected chi connectivity index (χ0v) is 16.4. The smallest absolute Gasteiger partial charge is 0.239 e. The van der Waals surface area contributed by atoms with Crippen molar-refractivity contribution >= 4 is 16.8 Å². The molecule has 1 aromatic carbocycles. The molecule has 27 heavy (non-hydrogen) atoms. The van der Waals surface area contributed by atoms with Crippen LogP contribution in [0, 0.1) is 5.92 Å². The fourth-order valence-electron chi connectivity index (χ4n) is 4.11.